The number of carbonyl (C=O) groups excluding carboxylic acids is 1. The summed E-state index contributed by atoms with van der Waals surface area (Å²) in [7, 11) is 0. The molecule has 0 spiro atoms. The van der Waals surface area contributed by atoms with Crippen LogP contribution in [0, 0.1) is 0 Å². The van der Waals surface area contributed by atoms with Gasteiger partial charge in [0.05, 0.1) is 6.54 Å². The van der Waals surface area contributed by atoms with Crippen LogP contribution in [0.2, 0.25) is 0 Å². The molecule has 0 saturated heterocycles. The average molecular weight is 338 g/mol. The number of amides is 1. The Hall–Kier alpha value is -3.46. The zero-order chi connectivity index (χ0) is 17.8. The van der Waals surface area contributed by atoms with Crippen molar-refractivity contribution in [3.63, 3.8) is 0 Å². The molecular weight excluding hydrogens is 320 g/mol. The third-order valence-corrected chi connectivity index (χ3v) is 4.40. The van der Waals surface area contributed by atoms with Gasteiger partial charge in [0.1, 0.15) is 0 Å². The van der Waals surface area contributed by atoms with Crippen molar-refractivity contribution in [1.82, 2.24) is 4.98 Å². The Morgan fingerprint density at radius 3 is 2.23 bits per heavy atom. The monoisotopic (exact) mass is 338 g/mol. The second-order valence-corrected chi connectivity index (χ2v) is 6.14. The van der Waals surface area contributed by atoms with Crippen LogP contribution in [-0.4, -0.2) is 10.9 Å². The third kappa shape index (κ3) is 3.33. The van der Waals surface area contributed by atoms with E-state index >= 15 is 0 Å². The number of pyridine rings is 1. The number of aromatic nitrogens is 1. The first kappa shape index (κ1) is 16.0. The van der Waals surface area contributed by atoms with E-state index in [1.807, 2.05) is 53.4 Å². The number of fused-ring (bicyclic) bond motifs is 1. The topological polar surface area (TPSA) is 33.2 Å². The lowest BCUT2D eigenvalue weighted by Gasteiger charge is -2.23. The normalized spacial score (nSPS) is 10.6. The van der Waals surface area contributed by atoms with Crippen molar-refractivity contribution in [2.45, 2.75) is 6.54 Å². The van der Waals surface area contributed by atoms with Crippen LogP contribution in [-0.2, 0) is 6.54 Å². The molecule has 0 radical (unpaired) electrons. The summed E-state index contributed by atoms with van der Waals surface area (Å²) in [6, 6.07) is 27.8. The number of nitrogens with zero attached hydrogens (tertiary/aromatic N) is 2. The molecule has 3 nitrogen and oxygen atoms in total. The Kier molecular flexibility index (Phi) is 4.44. The van der Waals surface area contributed by atoms with Gasteiger partial charge in [-0.2, -0.15) is 0 Å². The van der Waals surface area contributed by atoms with Crippen molar-refractivity contribution in [2.75, 3.05) is 4.90 Å². The van der Waals surface area contributed by atoms with Gasteiger partial charge in [0.2, 0.25) is 0 Å². The van der Waals surface area contributed by atoms with Crippen LogP contribution < -0.4 is 4.90 Å². The van der Waals surface area contributed by atoms with E-state index in [9.17, 15) is 4.79 Å². The van der Waals surface area contributed by atoms with Gasteiger partial charge in [-0.1, -0.05) is 60.7 Å². The van der Waals surface area contributed by atoms with Gasteiger partial charge in [0, 0.05) is 23.6 Å². The maximum absolute atomic E-state index is 13.2. The molecule has 4 aromatic rings. The summed E-state index contributed by atoms with van der Waals surface area (Å²) in [5.74, 6) is -0.0356. The highest BCUT2D eigenvalue weighted by molar-refractivity contribution is 6.06. The van der Waals surface area contributed by atoms with E-state index in [4.69, 9.17) is 0 Å². The number of anilines is 1. The van der Waals surface area contributed by atoms with Gasteiger partial charge in [-0.25, -0.2) is 0 Å². The lowest BCUT2D eigenvalue weighted by Crippen LogP contribution is -2.30. The molecule has 1 amide bonds. The lowest BCUT2D eigenvalue weighted by atomic mass is 10.1. The van der Waals surface area contributed by atoms with Crippen LogP contribution in [0.15, 0.2) is 97.3 Å². The van der Waals surface area contributed by atoms with Crippen molar-refractivity contribution in [1.29, 1.82) is 0 Å². The SMILES string of the molecule is O=C(c1ccncc1)N(Cc1ccccc1)c1ccc2ccccc2c1. The molecule has 0 fully saturated rings. The first-order valence-corrected chi connectivity index (χ1v) is 8.56. The molecule has 0 saturated carbocycles. The Labute approximate surface area is 152 Å². The van der Waals surface area contributed by atoms with E-state index in [2.05, 4.69) is 29.2 Å². The highest BCUT2D eigenvalue weighted by atomic mass is 16.2. The summed E-state index contributed by atoms with van der Waals surface area (Å²) in [6.45, 7) is 0.514. The van der Waals surface area contributed by atoms with Crippen molar-refractivity contribution in [3.05, 3.63) is 108 Å². The Bertz CT molecular complexity index is 1030. The van der Waals surface area contributed by atoms with Crippen LogP contribution >= 0.6 is 0 Å². The van der Waals surface area contributed by atoms with Crippen molar-refractivity contribution < 1.29 is 4.79 Å². The van der Waals surface area contributed by atoms with Gasteiger partial charge in [-0.3, -0.25) is 9.78 Å². The van der Waals surface area contributed by atoms with E-state index < -0.39 is 0 Å². The Balaban J connectivity index is 1.77. The molecule has 0 aliphatic heterocycles. The Morgan fingerprint density at radius 2 is 1.46 bits per heavy atom. The van der Waals surface area contributed by atoms with E-state index in [1.165, 1.54) is 0 Å². The van der Waals surface area contributed by atoms with Gasteiger partial charge in [-0.05, 0) is 40.6 Å². The fraction of sp³-hybridized carbons (Fsp3) is 0.0435. The molecule has 126 valence electrons. The van der Waals surface area contributed by atoms with Crippen LogP contribution in [0.3, 0.4) is 0 Å². The van der Waals surface area contributed by atoms with E-state index in [-0.39, 0.29) is 5.91 Å². The van der Waals surface area contributed by atoms with Gasteiger partial charge in [-0.15, -0.1) is 0 Å². The molecule has 26 heavy (non-hydrogen) atoms. The van der Waals surface area contributed by atoms with Crippen LogP contribution in [0.4, 0.5) is 5.69 Å². The van der Waals surface area contributed by atoms with Crippen LogP contribution in [0.5, 0.6) is 0 Å². The molecule has 0 aliphatic rings. The van der Waals surface area contributed by atoms with Gasteiger partial charge < -0.3 is 4.90 Å². The summed E-state index contributed by atoms with van der Waals surface area (Å²) in [6.07, 6.45) is 3.29. The first-order chi connectivity index (χ1) is 12.8. The average Bonchev–Trinajstić information content (AvgIpc) is 2.72. The molecule has 1 heterocycles. The maximum Gasteiger partial charge on any atom is 0.258 e. The van der Waals surface area contributed by atoms with Crippen LogP contribution in [0.1, 0.15) is 15.9 Å². The number of rotatable bonds is 4. The predicted octanol–water partition coefficient (Wildman–Crippen LogP) is 5.08. The fourth-order valence-electron chi connectivity index (χ4n) is 3.04. The molecule has 1 aromatic heterocycles. The summed E-state index contributed by atoms with van der Waals surface area (Å²) < 4.78 is 0. The van der Waals surface area contributed by atoms with Crippen molar-refractivity contribution in [2.24, 2.45) is 0 Å². The highest BCUT2D eigenvalue weighted by Crippen LogP contribution is 2.25. The highest BCUT2D eigenvalue weighted by Gasteiger charge is 2.18. The first-order valence-electron chi connectivity index (χ1n) is 8.56. The fourth-order valence-corrected chi connectivity index (χ4v) is 3.04. The minimum absolute atomic E-state index is 0.0356. The minimum atomic E-state index is -0.0356. The second kappa shape index (κ2) is 7.19. The molecule has 3 aromatic carbocycles. The van der Waals surface area contributed by atoms with E-state index in [1.54, 1.807) is 24.5 Å². The molecule has 3 heteroatoms. The van der Waals surface area contributed by atoms with Crippen molar-refractivity contribution in [3.8, 4) is 0 Å². The van der Waals surface area contributed by atoms with Crippen LogP contribution in [0.25, 0.3) is 10.8 Å². The summed E-state index contributed by atoms with van der Waals surface area (Å²) in [5, 5.41) is 2.28. The lowest BCUT2D eigenvalue weighted by molar-refractivity contribution is 0.0985. The van der Waals surface area contributed by atoms with E-state index in [0.29, 0.717) is 12.1 Å². The molecule has 0 bridgehead atoms. The zero-order valence-electron chi connectivity index (χ0n) is 14.2. The molecule has 4 rings (SSSR count). The summed E-state index contributed by atoms with van der Waals surface area (Å²) in [5.41, 5.74) is 2.60. The zero-order valence-corrected chi connectivity index (χ0v) is 14.2. The number of carbonyl (C=O) groups is 1. The number of hydrogen-bond donors (Lipinski definition) is 0. The molecule has 0 atom stereocenters. The number of benzene rings is 3. The van der Waals surface area contributed by atoms with Gasteiger partial charge in [0.25, 0.3) is 5.91 Å². The quantitative estimate of drug-likeness (QED) is 0.520. The minimum Gasteiger partial charge on any atom is -0.304 e. The summed E-state index contributed by atoms with van der Waals surface area (Å²) >= 11 is 0. The molecular formula is C23H18N2O. The van der Waals surface area contributed by atoms with Gasteiger partial charge in [0.15, 0.2) is 0 Å². The third-order valence-electron chi connectivity index (χ3n) is 4.40. The smallest absolute Gasteiger partial charge is 0.258 e. The molecule has 0 N–H and O–H groups in total. The molecule has 0 unspecified atom stereocenters. The van der Waals surface area contributed by atoms with E-state index in [0.717, 1.165) is 22.0 Å². The summed E-state index contributed by atoms with van der Waals surface area (Å²) in [4.78, 5) is 19.0. The van der Waals surface area contributed by atoms with Crippen molar-refractivity contribution >= 4 is 22.4 Å². The molecule has 0 aliphatic carbocycles. The number of hydrogen-bond acceptors (Lipinski definition) is 2. The standard InChI is InChI=1S/C23H18N2O/c26-23(20-12-14-24-15-13-20)25(17-18-6-2-1-3-7-18)22-11-10-19-8-4-5-9-21(19)16-22/h1-16H,17H2. The second-order valence-electron chi connectivity index (χ2n) is 6.14. The largest absolute Gasteiger partial charge is 0.304 e. The maximum atomic E-state index is 13.2. The predicted molar refractivity (Wildman–Crippen MR) is 105 cm³/mol. The van der Waals surface area contributed by atoms with Gasteiger partial charge >= 0.3 is 0 Å². The Morgan fingerprint density at radius 1 is 0.769 bits per heavy atom.